The van der Waals surface area contributed by atoms with Gasteiger partial charge in [0.05, 0.1) is 0 Å². The molecule has 0 aromatic heterocycles. The maximum Gasteiger partial charge on any atom is 0.245 e. The second-order valence-electron chi connectivity index (χ2n) is 5.03. The van der Waals surface area contributed by atoms with Gasteiger partial charge in [-0.25, -0.2) is 0 Å². The van der Waals surface area contributed by atoms with Crippen molar-refractivity contribution in [2.45, 2.75) is 32.2 Å². The maximum atomic E-state index is 11.9. The van der Waals surface area contributed by atoms with E-state index in [1.54, 1.807) is 24.3 Å². The van der Waals surface area contributed by atoms with Gasteiger partial charge in [-0.1, -0.05) is 25.5 Å². The van der Waals surface area contributed by atoms with Crippen LogP contribution >= 0.6 is 12.4 Å². The van der Waals surface area contributed by atoms with Crippen LogP contribution < -0.4 is 16.0 Å². The van der Waals surface area contributed by atoms with E-state index < -0.39 is 0 Å². The number of nitrogens with one attached hydrogen (secondary N) is 3. The zero-order valence-electron chi connectivity index (χ0n) is 12.6. The Bertz CT molecular complexity index is 529. The summed E-state index contributed by atoms with van der Waals surface area (Å²) in [4.78, 5) is 23.5. The third-order valence-electron chi connectivity index (χ3n) is 3.26. The quantitative estimate of drug-likeness (QED) is 0.705. The molecule has 5 nitrogen and oxygen atoms in total. The van der Waals surface area contributed by atoms with Gasteiger partial charge in [0.25, 0.3) is 0 Å². The Hall–Kier alpha value is -1.85. The van der Waals surface area contributed by atoms with Crippen molar-refractivity contribution in [2.24, 2.45) is 0 Å². The molecule has 1 aliphatic heterocycles. The summed E-state index contributed by atoms with van der Waals surface area (Å²) < 4.78 is 0. The number of rotatable bonds is 6. The number of amides is 2. The van der Waals surface area contributed by atoms with Crippen LogP contribution in [0.5, 0.6) is 0 Å². The molecule has 22 heavy (non-hydrogen) atoms. The summed E-state index contributed by atoms with van der Waals surface area (Å²) in [5, 5.41) is 8.72. The fraction of sp³-hybridized carbons (Fsp3) is 0.375. The van der Waals surface area contributed by atoms with E-state index in [2.05, 4.69) is 22.9 Å². The minimum atomic E-state index is -0.265. The predicted octanol–water partition coefficient (Wildman–Crippen LogP) is 2.70. The van der Waals surface area contributed by atoms with Crippen molar-refractivity contribution in [3.63, 3.8) is 0 Å². The Morgan fingerprint density at radius 2 is 1.82 bits per heavy atom. The Morgan fingerprint density at radius 3 is 2.36 bits per heavy atom. The van der Waals surface area contributed by atoms with Crippen molar-refractivity contribution in [1.29, 1.82) is 0 Å². The van der Waals surface area contributed by atoms with E-state index >= 15 is 0 Å². The van der Waals surface area contributed by atoms with Crippen LogP contribution in [0.15, 0.2) is 36.4 Å². The SMILES string of the molecule is CCCCC(=O)Nc1ccc(NC(=O)C2C=CCN2)cc1.Cl. The molecule has 0 aliphatic carbocycles. The first kappa shape index (κ1) is 18.2. The molecule has 6 heteroatoms. The van der Waals surface area contributed by atoms with E-state index in [-0.39, 0.29) is 30.3 Å². The van der Waals surface area contributed by atoms with Crippen molar-refractivity contribution in [2.75, 3.05) is 17.2 Å². The first-order valence-corrected chi connectivity index (χ1v) is 7.30. The molecule has 0 fully saturated rings. The van der Waals surface area contributed by atoms with Gasteiger partial charge in [0.15, 0.2) is 0 Å². The molecule has 1 aromatic rings. The van der Waals surface area contributed by atoms with Crippen LogP contribution in [-0.4, -0.2) is 24.4 Å². The number of carbonyl (C=O) groups excluding carboxylic acids is 2. The number of hydrogen-bond donors (Lipinski definition) is 3. The Balaban J connectivity index is 0.00000242. The number of carbonyl (C=O) groups is 2. The number of unbranched alkanes of at least 4 members (excludes halogenated alkanes) is 1. The minimum Gasteiger partial charge on any atom is -0.326 e. The third-order valence-corrected chi connectivity index (χ3v) is 3.26. The molecule has 1 unspecified atom stereocenters. The van der Waals surface area contributed by atoms with Crippen LogP contribution in [-0.2, 0) is 9.59 Å². The normalized spacial score (nSPS) is 16.0. The molecule has 0 radical (unpaired) electrons. The summed E-state index contributed by atoms with van der Waals surface area (Å²) in [6.45, 7) is 2.78. The smallest absolute Gasteiger partial charge is 0.245 e. The molecule has 1 aliphatic rings. The molecule has 3 N–H and O–H groups in total. The minimum absolute atomic E-state index is 0. The molecular formula is C16H22ClN3O2. The fourth-order valence-electron chi connectivity index (χ4n) is 2.06. The summed E-state index contributed by atoms with van der Waals surface area (Å²) in [6.07, 6.45) is 6.20. The zero-order valence-corrected chi connectivity index (χ0v) is 13.4. The lowest BCUT2D eigenvalue weighted by atomic mass is 10.2. The van der Waals surface area contributed by atoms with Gasteiger partial charge < -0.3 is 10.6 Å². The number of benzene rings is 1. The molecule has 1 aromatic carbocycles. The Labute approximate surface area is 137 Å². The van der Waals surface area contributed by atoms with Crippen molar-refractivity contribution >= 4 is 35.6 Å². The number of anilines is 2. The summed E-state index contributed by atoms with van der Waals surface area (Å²) in [5.41, 5.74) is 1.46. The average molecular weight is 324 g/mol. The highest BCUT2D eigenvalue weighted by molar-refractivity contribution is 5.97. The molecule has 0 spiro atoms. The highest BCUT2D eigenvalue weighted by Gasteiger charge is 2.17. The van der Waals surface area contributed by atoms with Gasteiger partial charge >= 0.3 is 0 Å². The zero-order chi connectivity index (χ0) is 15.1. The van der Waals surface area contributed by atoms with Gasteiger partial charge in [0.1, 0.15) is 6.04 Å². The molecule has 0 saturated heterocycles. The monoisotopic (exact) mass is 323 g/mol. The highest BCUT2D eigenvalue weighted by Crippen LogP contribution is 2.14. The van der Waals surface area contributed by atoms with Gasteiger partial charge in [-0.15, -0.1) is 12.4 Å². The van der Waals surface area contributed by atoms with Gasteiger partial charge in [-0.05, 0) is 30.7 Å². The summed E-state index contributed by atoms with van der Waals surface area (Å²) >= 11 is 0. The van der Waals surface area contributed by atoms with Gasteiger partial charge in [0, 0.05) is 24.3 Å². The lowest BCUT2D eigenvalue weighted by molar-refractivity contribution is -0.117. The second-order valence-corrected chi connectivity index (χ2v) is 5.03. The van der Waals surface area contributed by atoms with Crippen molar-refractivity contribution in [1.82, 2.24) is 5.32 Å². The van der Waals surface area contributed by atoms with Crippen LogP contribution in [0.1, 0.15) is 26.2 Å². The molecule has 2 amide bonds. The predicted molar refractivity (Wildman–Crippen MR) is 91.4 cm³/mol. The second kappa shape index (κ2) is 9.23. The molecule has 0 bridgehead atoms. The summed E-state index contributed by atoms with van der Waals surface area (Å²) in [5.74, 6) is -0.0580. The first-order valence-electron chi connectivity index (χ1n) is 7.30. The van der Waals surface area contributed by atoms with Gasteiger partial charge in [-0.3, -0.25) is 14.9 Å². The van der Waals surface area contributed by atoms with Crippen LogP contribution in [0, 0.1) is 0 Å². The van der Waals surface area contributed by atoms with Gasteiger partial charge in [-0.2, -0.15) is 0 Å². The molecule has 1 atom stereocenters. The lowest BCUT2D eigenvalue weighted by Gasteiger charge is -2.11. The van der Waals surface area contributed by atoms with E-state index in [9.17, 15) is 9.59 Å². The van der Waals surface area contributed by atoms with E-state index in [0.29, 0.717) is 12.1 Å². The molecule has 2 rings (SSSR count). The standard InChI is InChI=1S/C16H21N3O2.ClH/c1-2-3-6-15(20)18-12-7-9-13(10-8-12)19-16(21)14-5-4-11-17-14;/h4-5,7-10,14,17H,2-3,6,11H2,1H3,(H,18,20)(H,19,21);1H. The third kappa shape index (κ3) is 5.50. The molecular weight excluding hydrogens is 302 g/mol. The van der Waals surface area contributed by atoms with E-state index in [1.807, 2.05) is 12.2 Å². The lowest BCUT2D eigenvalue weighted by Crippen LogP contribution is -2.35. The fourth-order valence-corrected chi connectivity index (χ4v) is 2.06. The highest BCUT2D eigenvalue weighted by atomic mass is 35.5. The van der Waals surface area contributed by atoms with Crippen molar-refractivity contribution in [3.05, 3.63) is 36.4 Å². The van der Waals surface area contributed by atoms with Crippen molar-refractivity contribution in [3.8, 4) is 0 Å². The molecule has 0 saturated carbocycles. The van der Waals surface area contributed by atoms with Crippen LogP contribution in [0.2, 0.25) is 0 Å². The Kier molecular flexibility index (Phi) is 7.63. The number of halogens is 1. The van der Waals surface area contributed by atoms with Gasteiger partial charge in [0.2, 0.25) is 11.8 Å². The van der Waals surface area contributed by atoms with E-state index in [1.165, 1.54) is 0 Å². The van der Waals surface area contributed by atoms with Crippen LogP contribution in [0.3, 0.4) is 0 Å². The Morgan fingerprint density at radius 1 is 1.18 bits per heavy atom. The number of hydrogen-bond acceptors (Lipinski definition) is 3. The van der Waals surface area contributed by atoms with E-state index in [4.69, 9.17) is 0 Å². The molecule has 1 heterocycles. The van der Waals surface area contributed by atoms with Crippen LogP contribution in [0.4, 0.5) is 11.4 Å². The first-order chi connectivity index (χ1) is 10.2. The largest absolute Gasteiger partial charge is 0.326 e. The molecule has 120 valence electrons. The summed E-state index contributed by atoms with van der Waals surface area (Å²) in [7, 11) is 0. The summed E-state index contributed by atoms with van der Waals surface area (Å²) in [6, 6.07) is 6.88. The van der Waals surface area contributed by atoms with Crippen molar-refractivity contribution < 1.29 is 9.59 Å². The topological polar surface area (TPSA) is 70.2 Å². The van der Waals surface area contributed by atoms with Crippen LogP contribution in [0.25, 0.3) is 0 Å². The average Bonchev–Trinajstić information content (AvgIpc) is 3.01. The van der Waals surface area contributed by atoms with E-state index in [0.717, 1.165) is 25.1 Å². The maximum absolute atomic E-state index is 11.9.